The molecule has 2 aliphatic rings. The zero-order valence-electron chi connectivity index (χ0n) is 4.80. The number of hydrogen-bond donors (Lipinski definition) is 0. The molecule has 0 fully saturated rings. The predicted octanol–water partition coefficient (Wildman–Crippen LogP) is 0.733. The number of thioether (sulfide) groups is 1. The van der Waals surface area contributed by atoms with Crippen molar-refractivity contribution in [2.75, 3.05) is 0 Å². The minimum atomic E-state index is -0.0255. The Morgan fingerprint density at radius 3 is 1.89 bits per heavy atom. The summed E-state index contributed by atoms with van der Waals surface area (Å²) in [7, 11) is 0. The van der Waals surface area contributed by atoms with Crippen LogP contribution in [0.25, 0.3) is 0 Å². The molecule has 0 radical (unpaired) electrons. The molecule has 0 atom stereocenters. The molecular weight excluding hydrogens is 136 g/mol. The fourth-order valence-electron chi connectivity index (χ4n) is 1.10. The van der Waals surface area contributed by atoms with Crippen molar-refractivity contribution < 1.29 is 9.59 Å². The van der Waals surface area contributed by atoms with Gasteiger partial charge in [-0.3, -0.25) is 9.59 Å². The van der Waals surface area contributed by atoms with Gasteiger partial charge >= 0.3 is 0 Å². The van der Waals surface area contributed by atoms with Crippen molar-refractivity contribution in [1.82, 2.24) is 0 Å². The first kappa shape index (κ1) is 5.23. The molecule has 0 aromatic heterocycles. The highest BCUT2D eigenvalue weighted by Crippen LogP contribution is 2.50. The molecule has 1 aliphatic heterocycles. The Balaban J connectivity index is 2.41. The molecule has 0 spiro atoms. The third-order valence-electron chi connectivity index (χ3n) is 1.70. The molecule has 0 bridgehead atoms. The van der Waals surface area contributed by atoms with Crippen molar-refractivity contribution in [3.63, 3.8) is 0 Å². The lowest BCUT2D eigenvalue weighted by molar-refractivity contribution is -0.109. The third-order valence-corrected chi connectivity index (χ3v) is 2.51. The molecule has 0 amide bonds. The van der Waals surface area contributed by atoms with Crippen LogP contribution in [0.2, 0.25) is 0 Å². The van der Waals surface area contributed by atoms with Gasteiger partial charge in [-0.25, -0.2) is 0 Å². The number of rotatable bonds is 0. The summed E-state index contributed by atoms with van der Waals surface area (Å²) in [4.78, 5) is 21.4. The van der Waals surface area contributed by atoms with E-state index in [0.29, 0.717) is 0 Å². The van der Waals surface area contributed by atoms with Crippen molar-refractivity contribution in [3.8, 4) is 0 Å². The van der Waals surface area contributed by atoms with Gasteiger partial charge < -0.3 is 0 Å². The highest BCUT2D eigenvalue weighted by atomic mass is 32.2. The van der Waals surface area contributed by atoms with Crippen LogP contribution in [0.5, 0.6) is 0 Å². The average Bonchev–Trinajstić information content (AvgIpc) is 2.30. The zero-order valence-corrected chi connectivity index (χ0v) is 5.62. The third kappa shape index (κ3) is 0.477. The Bertz CT molecular complexity index is 228. The highest BCUT2D eigenvalue weighted by molar-refractivity contribution is 8.27. The molecular formula is C6H4O2S. The summed E-state index contributed by atoms with van der Waals surface area (Å²) in [6, 6.07) is 0. The quantitative estimate of drug-likeness (QED) is 0.497. The van der Waals surface area contributed by atoms with Gasteiger partial charge in [0.05, 0.1) is 0 Å². The van der Waals surface area contributed by atoms with E-state index >= 15 is 0 Å². The molecule has 0 unspecified atom stereocenters. The summed E-state index contributed by atoms with van der Waals surface area (Å²) < 4.78 is 0. The van der Waals surface area contributed by atoms with E-state index in [4.69, 9.17) is 0 Å². The maximum Gasteiger partial charge on any atom is 0.224 e. The highest BCUT2D eigenvalue weighted by Gasteiger charge is 2.49. The van der Waals surface area contributed by atoms with E-state index in [0.717, 1.165) is 22.9 Å². The second-order valence-electron chi connectivity index (χ2n) is 2.23. The van der Waals surface area contributed by atoms with Crippen LogP contribution in [0.15, 0.2) is 11.1 Å². The molecule has 0 aromatic carbocycles. The fourth-order valence-corrected chi connectivity index (χ4v) is 2.07. The molecule has 9 heavy (non-hydrogen) atoms. The van der Waals surface area contributed by atoms with Gasteiger partial charge in [-0.15, -0.1) is 0 Å². The van der Waals surface area contributed by atoms with Crippen molar-refractivity contribution in [3.05, 3.63) is 11.1 Å². The molecule has 1 aliphatic carbocycles. The monoisotopic (exact) mass is 140 g/mol. The molecule has 0 N–H and O–H groups in total. The van der Waals surface area contributed by atoms with Gasteiger partial charge in [0.15, 0.2) is 0 Å². The smallest absolute Gasteiger partial charge is 0.224 e. The summed E-state index contributed by atoms with van der Waals surface area (Å²) in [6.45, 7) is 1.89. The molecule has 1 heterocycles. The van der Waals surface area contributed by atoms with Gasteiger partial charge in [-0.1, -0.05) is 6.92 Å². The van der Waals surface area contributed by atoms with Crippen molar-refractivity contribution >= 4 is 22.0 Å². The van der Waals surface area contributed by atoms with Crippen LogP contribution in [0.4, 0.5) is 0 Å². The van der Waals surface area contributed by atoms with Gasteiger partial charge in [-0.2, -0.15) is 0 Å². The Hall–Kier alpha value is -0.570. The Labute approximate surface area is 56.3 Å². The first-order valence-corrected chi connectivity index (χ1v) is 3.54. The van der Waals surface area contributed by atoms with E-state index in [9.17, 15) is 9.59 Å². The van der Waals surface area contributed by atoms with Crippen LogP contribution in [0, 0.1) is 5.92 Å². The van der Waals surface area contributed by atoms with Crippen LogP contribution >= 0.6 is 11.8 Å². The predicted molar refractivity (Wildman–Crippen MR) is 33.8 cm³/mol. The number of carbonyl (C=O) groups excluding carboxylic acids is 2. The first-order chi connectivity index (χ1) is 4.22. The lowest BCUT2D eigenvalue weighted by Gasteiger charge is -1.93. The summed E-state index contributed by atoms with van der Waals surface area (Å²) in [5.74, 6) is 0.186. The summed E-state index contributed by atoms with van der Waals surface area (Å²) in [5.41, 5.74) is 1.54. The van der Waals surface area contributed by atoms with E-state index in [1.165, 1.54) is 0 Å². The topological polar surface area (TPSA) is 34.1 Å². The van der Waals surface area contributed by atoms with Gasteiger partial charge in [0, 0.05) is 17.1 Å². The SMILES string of the molecule is CC1C2=C1C(=O)SC2=O. The van der Waals surface area contributed by atoms with Gasteiger partial charge in [-0.05, 0) is 11.8 Å². The normalized spacial score (nSPS) is 25.4. The molecule has 0 aromatic rings. The Morgan fingerprint density at radius 2 is 1.67 bits per heavy atom. The molecule has 2 rings (SSSR count). The minimum absolute atomic E-state index is 0.0255. The molecule has 3 heteroatoms. The molecule has 0 saturated carbocycles. The summed E-state index contributed by atoms with van der Waals surface area (Å²) >= 11 is 0.830. The van der Waals surface area contributed by atoms with Crippen LogP contribution in [0.3, 0.4) is 0 Å². The standard InChI is InChI=1S/C6H4O2S/c1-2-3-4(2)6(8)9-5(3)7/h2H,1H3. The lowest BCUT2D eigenvalue weighted by atomic mass is 10.3. The summed E-state index contributed by atoms with van der Waals surface area (Å²) in [5, 5.41) is -0.0509. The molecule has 0 saturated heterocycles. The van der Waals surface area contributed by atoms with E-state index in [-0.39, 0.29) is 16.1 Å². The van der Waals surface area contributed by atoms with Crippen molar-refractivity contribution in [1.29, 1.82) is 0 Å². The fraction of sp³-hybridized carbons (Fsp3) is 0.333. The zero-order chi connectivity index (χ0) is 6.59. The first-order valence-electron chi connectivity index (χ1n) is 2.72. The van der Waals surface area contributed by atoms with Crippen molar-refractivity contribution in [2.45, 2.75) is 6.92 Å². The van der Waals surface area contributed by atoms with E-state index in [1.807, 2.05) is 6.92 Å². The van der Waals surface area contributed by atoms with E-state index < -0.39 is 0 Å². The van der Waals surface area contributed by atoms with Crippen molar-refractivity contribution in [2.24, 2.45) is 5.92 Å². The van der Waals surface area contributed by atoms with Crippen LogP contribution in [-0.2, 0) is 9.59 Å². The van der Waals surface area contributed by atoms with E-state index in [2.05, 4.69) is 0 Å². The van der Waals surface area contributed by atoms with E-state index in [1.54, 1.807) is 0 Å². The number of carbonyl (C=O) groups is 2. The summed E-state index contributed by atoms with van der Waals surface area (Å²) in [6.07, 6.45) is 0. The Morgan fingerprint density at radius 1 is 1.22 bits per heavy atom. The lowest BCUT2D eigenvalue weighted by Crippen LogP contribution is -1.98. The second-order valence-corrected chi connectivity index (χ2v) is 3.17. The maximum absolute atomic E-state index is 10.7. The van der Waals surface area contributed by atoms with Gasteiger partial charge in [0.1, 0.15) is 0 Å². The largest absolute Gasteiger partial charge is 0.281 e. The Kier molecular flexibility index (Phi) is 0.750. The molecule has 46 valence electrons. The average molecular weight is 140 g/mol. The minimum Gasteiger partial charge on any atom is -0.281 e. The van der Waals surface area contributed by atoms with Gasteiger partial charge in [0.2, 0.25) is 10.2 Å². The number of hydrogen-bond acceptors (Lipinski definition) is 3. The second kappa shape index (κ2) is 1.29. The maximum atomic E-state index is 10.7. The van der Waals surface area contributed by atoms with Gasteiger partial charge in [0.25, 0.3) is 0 Å². The molecule has 2 nitrogen and oxygen atoms in total. The van der Waals surface area contributed by atoms with Crippen LogP contribution in [0.1, 0.15) is 6.92 Å². The van der Waals surface area contributed by atoms with Crippen LogP contribution < -0.4 is 0 Å². The van der Waals surface area contributed by atoms with Crippen LogP contribution in [-0.4, -0.2) is 10.2 Å².